The summed E-state index contributed by atoms with van der Waals surface area (Å²) in [5.41, 5.74) is 8.78. The summed E-state index contributed by atoms with van der Waals surface area (Å²) in [6.45, 7) is 0.0803. The van der Waals surface area contributed by atoms with Crippen molar-refractivity contribution < 1.29 is 13.5 Å². The molecule has 2 N–H and O–H groups in total. The minimum atomic E-state index is -0.588. The van der Waals surface area contributed by atoms with Crippen molar-refractivity contribution in [2.24, 2.45) is 5.73 Å². The molecule has 0 heterocycles. The molecule has 1 aliphatic carbocycles. The fourth-order valence-corrected chi connectivity index (χ4v) is 2.72. The van der Waals surface area contributed by atoms with Crippen LogP contribution in [0, 0.1) is 11.6 Å². The maximum absolute atomic E-state index is 13.5. The first-order valence-corrected chi connectivity index (χ1v) is 7.08. The highest BCUT2D eigenvalue weighted by Crippen LogP contribution is 2.30. The van der Waals surface area contributed by atoms with E-state index in [0.717, 1.165) is 25.3 Å². The average Bonchev–Trinajstić information content (AvgIpc) is 2.46. The Balaban J connectivity index is 1.73. The molecule has 2 nitrogen and oxygen atoms in total. The van der Waals surface area contributed by atoms with Crippen molar-refractivity contribution in [3.05, 3.63) is 64.7 Å². The van der Waals surface area contributed by atoms with Crippen LogP contribution in [-0.4, -0.2) is 0 Å². The van der Waals surface area contributed by atoms with E-state index < -0.39 is 11.6 Å². The van der Waals surface area contributed by atoms with E-state index in [4.69, 9.17) is 10.5 Å². The second-order valence-corrected chi connectivity index (χ2v) is 5.38. The van der Waals surface area contributed by atoms with Gasteiger partial charge in [0.1, 0.15) is 24.0 Å². The van der Waals surface area contributed by atoms with E-state index in [1.54, 1.807) is 0 Å². The molecule has 0 saturated heterocycles. The van der Waals surface area contributed by atoms with Crippen molar-refractivity contribution in [3.8, 4) is 5.75 Å². The van der Waals surface area contributed by atoms with Gasteiger partial charge in [-0.2, -0.15) is 0 Å². The molecule has 0 amide bonds. The second-order valence-electron chi connectivity index (χ2n) is 5.38. The molecule has 0 fully saturated rings. The number of hydrogen-bond acceptors (Lipinski definition) is 2. The summed E-state index contributed by atoms with van der Waals surface area (Å²) in [5.74, 6) is -0.486. The largest absolute Gasteiger partial charge is 0.489 e. The Morgan fingerprint density at radius 3 is 2.81 bits per heavy atom. The molecule has 21 heavy (non-hydrogen) atoms. The zero-order valence-electron chi connectivity index (χ0n) is 11.6. The number of hydrogen-bond donors (Lipinski definition) is 1. The van der Waals surface area contributed by atoms with Crippen LogP contribution in [0.4, 0.5) is 8.78 Å². The lowest BCUT2D eigenvalue weighted by molar-refractivity contribution is 0.298. The summed E-state index contributed by atoms with van der Waals surface area (Å²) in [4.78, 5) is 0. The standard InChI is InChI=1S/C17H17F2NO/c18-13-5-4-12(16(19)9-13)10-21-14-6-7-15-11(8-14)2-1-3-17(15)20/h4-9,17H,1-3,10,20H2. The Morgan fingerprint density at radius 1 is 1.14 bits per heavy atom. The lowest BCUT2D eigenvalue weighted by Gasteiger charge is -2.22. The third kappa shape index (κ3) is 3.05. The number of nitrogens with two attached hydrogens (primary N) is 1. The van der Waals surface area contributed by atoms with Gasteiger partial charge in [-0.1, -0.05) is 6.07 Å². The minimum Gasteiger partial charge on any atom is -0.489 e. The normalized spacial score (nSPS) is 17.4. The van der Waals surface area contributed by atoms with Gasteiger partial charge in [-0.15, -0.1) is 0 Å². The van der Waals surface area contributed by atoms with E-state index in [-0.39, 0.29) is 12.6 Å². The molecule has 2 aromatic rings. The number of rotatable bonds is 3. The Bertz CT molecular complexity index is 657. The van der Waals surface area contributed by atoms with Crippen molar-refractivity contribution in [1.29, 1.82) is 0 Å². The summed E-state index contributed by atoms with van der Waals surface area (Å²) < 4.78 is 32.0. The number of fused-ring (bicyclic) bond motifs is 1. The number of ether oxygens (including phenoxy) is 1. The van der Waals surface area contributed by atoms with Gasteiger partial charge in [0.15, 0.2) is 0 Å². The maximum Gasteiger partial charge on any atom is 0.132 e. The molecule has 0 aliphatic heterocycles. The molecule has 0 bridgehead atoms. The van der Waals surface area contributed by atoms with Gasteiger partial charge in [0.25, 0.3) is 0 Å². The Labute approximate surface area is 122 Å². The summed E-state index contributed by atoms with van der Waals surface area (Å²) >= 11 is 0. The van der Waals surface area contributed by atoms with E-state index in [9.17, 15) is 8.78 Å². The van der Waals surface area contributed by atoms with Gasteiger partial charge in [-0.05, 0) is 54.7 Å². The molecular formula is C17H17F2NO. The first-order chi connectivity index (χ1) is 10.1. The molecule has 110 valence electrons. The summed E-state index contributed by atoms with van der Waals surface area (Å²) in [6.07, 6.45) is 3.07. The zero-order chi connectivity index (χ0) is 14.8. The van der Waals surface area contributed by atoms with Crippen molar-refractivity contribution in [2.45, 2.75) is 31.9 Å². The van der Waals surface area contributed by atoms with Gasteiger partial charge in [0, 0.05) is 17.7 Å². The lowest BCUT2D eigenvalue weighted by Crippen LogP contribution is -2.17. The van der Waals surface area contributed by atoms with Gasteiger partial charge in [-0.3, -0.25) is 0 Å². The van der Waals surface area contributed by atoms with Crippen LogP contribution in [0.2, 0.25) is 0 Å². The van der Waals surface area contributed by atoms with Gasteiger partial charge >= 0.3 is 0 Å². The van der Waals surface area contributed by atoms with Gasteiger partial charge < -0.3 is 10.5 Å². The van der Waals surface area contributed by atoms with E-state index in [2.05, 4.69) is 0 Å². The predicted octanol–water partition coefficient (Wildman–Crippen LogP) is 3.88. The second kappa shape index (κ2) is 5.82. The number of aryl methyl sites for hydroxylation is 1. The molecule has 1 unspecified atom stereocenters. The molecule has 0 spiro atoms. The van der Waals surface area contributed by atoms with Crippen molar-refractivity contribution in [2.75, 3.05) is 0 Å². The Morgan fingerprint density at radius 2 is 2.00 bits per heavy atom. The van der Waals surface area contributed by atoms with E-state index >= 15 is 0 Å². The highest BCUT2D eigenvalue weighted by molar-refractivity contribution is 5.39. The van der Waals surface area contributed by atoms with E-state index in [0.29, 0.717) is 11.3 Å². The summed E-state index contributed by atoms with van der Waals surface area (Å²) in [6, 6.07) is 9.39. The van der Waals surface area contributed by atoms with Crippen LogP contribution < -0.4 is 10.5 Å². The summed E-state index contributed by atoms with van der Waals surface area (Å²) in [5, 5.41) is 0. The highest BCUT2D eigenvalue weighted by atomic mass is 19.1. The van der Waals surface area contributed by atoms with Gasteiger partial charge in [0.2, 0.25) is 0 Å². The smallest absolute Gasteiger partial charge is 0.132 e. The number of benzene rings is 2. The van der Waals surface area contributed by atoms with Crippen LogP contribution in [0.5, 0.6) is 5.75 Å². The van der Waals surface area contributed by atoms with Crippen LogP contribution in [-0.2, 0) is 13.0 Å². The highest BCUT2D eigenvalue weighted by Gasteiger charge is 2.17. The van der Waals surface area contributed by atoms with Crippen LogP contribution in [0.25, 0.3) is 0 Å². The van der Waals surface area contributed by atoms with Crippen LogP contribution in [0.1, 0.15) is 35.6 Å². The molecule has 4 heteroatoms. The van der Waals surface area contributed by atoms with Gasteiger partial charge in [0.05, 0.1) is 0 Å². The molecule has 0 radical (unpaired) electrons. The van der Waals surface area contributed by atoms with Crippen LogP contribution in [0.15, 0.2) is 36.4 Å². The Kier molecular flexibility index (Phi) is 3.88. The van der Waals surface area contributed by atoms with Crippen molar-refractivity contribution >= 4 is 0 Å². The third-order valence-electron chi connectivity index (χ3n) is 3.88. The SMILES string of the molecule is NC1CCCc2cc(OCc3ccc(F)cc3F)ccc21. The van der Waals surface area contributed by atoms with Crippen molar-refractivity contribution in [3.63, 3.8) is 0 Å². The quantitative estimate of drug-likeness (QED) is 0.930. The summed E-state index contributed by atoms with van der Waals surface area (Å²) in [7, 11) is 0. The first kappa shape index (κ1) is 14.0. The topological polar surface area (TPSA) is 35.2 Å². The van der Waals surface area contributed by atoms with Crippen LogP contribution >= 0.6 is 0 Å². The third-order valence-corrected chi connectivity index (χ3v) is 3.88. The maximum atomic E-state index is 13.5. The first-order valence-electron chi connectivity index (χ1n) is 7.08. The van der Waals surface area contributed by atoms with Gasteiger partial charge in [-0.25, -0.2) is 8.78 Å². The average molecular weight is 289 g/mol. The van der Waals surface area contributed by atoms with E-state index in [1.807, 2.05) is 18.2 Å². The molecule has 1 aliphatic rings. The molecule has 2 aromatic carbocycles. The molecule has 0 saturated carbocycles. The molecule has 1 atom stereocenters. The predicted molar refractivity (Wildman–Crippen MR) is 77.0 cm³/mol. The fourth-order valence-electron chi connectivity index (χ4n) is 2.72. The van der Waals surface area contributed by atoms with Crippen LogP contribution in [0.3, 0.4) is 0 Å². The Hall–Kier alpha value is -1.94. The van der Waals surface area contributed by atoms with Crippen molar-refractivity contribution in [1.82, 2.24) is 0 Å². The monoisotopic (exact) mass is 289 g/mol. The molecule has 3 rings (SSSR count). The number of halogens is 2. The molecular weight excluding hydrogens is 272 g/mol. The van der Waals surface area contributed by atoms with E-state index in [1.165, 1.54) is 23.3 Å². The lowest BCUT2D eigenvalue weighted by atomic mass is 9.88. The fraction of sp³-hybridized carbons (Fsp3) is 0.294. The molecule has 0 aromatic heterocycles. The minimum absolute atomic E-state index is 0.0803. The zero-order valence-corrected chi connectivity index (χ0v) is 11.6.